The van der Waals surface area contributed by atoms with Gasteiger partial charge in [0.1, 0.15) is 29.9 Å². The molecule has 0 saturated heterocycles. The second-order valence-electron chi connectivity index (χ2n) is 12.7. The molecule has 17 N–H and O–H groups in total. The van der Waals surface area contributed by atoms with E-state index in [2.05, 4.69) is 48.9 Å². The average Bonchev–Trinajstić information content (AvgIpc) is 3.55. The first-order valence-corrected chi connectivity index (χ1v) is 18.1. The first-order valence-electron chi connectivity index (χ1n) is 17.4. The minimum atomic E-state index is -1.36. The molecule has 20 heteroatoms. The van der Waals surface area contributed by atoms with Gasteiger partial charge in [-0.3, -0.25) is 29.2 Å². The van der Waals surface area contributed by atoms with Crippen molar-refractivity contribution in [1.29, 1.82) is 0 Å². The first-order chi connectivity index (χ1) is 26.2. The van der Waals surface area contributed by atoms with Crippen LogP contribution in [-0.2, 0) is 36.8 Å². The molecule has 2 aromatic carbocycles. The zero-order valence-corrected chi connectivity index (χ0v) is 31.0. The predicted octanol–water partition coefficient (Wildman–Crippen LogP) is -1.95. The Morgan fingerprint density at radius 3 is 1.76 bits per heavy atom. The minimum absolute atomic E-state index is 0.00900. The van der Waals surface area contributed by atoms with Crippen molar-refractivity contribution in [3.8, 4) is 5.75 Å². The van der Waals surface area contributed by atoms with Gasteiger partial charge in [-0.25, -0.2) is 4.79 Å². The molecule has 0 aliphatic carbocycles. The third-order valence-corrected chi connectivity index (χ3v) is 8.78. The molecule has 298 valence electrons. The number of nitrogens with two attached hydrogens (primary N) is 5. The maximum Gasteiger partial charge on any atom is 0.327 e. The third kappa shape index (κ3) is 14.4. The Labute approximate surface area is 322 Å². The molecular weight excluding hydrogens is 733 g/mol. The normalized spacial score (nSPS) is 13.6. The van der Waals surface area contributed by atoms with Crippen LogP contribution in [0.15, 0.2) is 64.7 Å². The quantitative estimate of drug-likeness (QED) is 0.0229. The van der Waals surface area contributed by atoms with E-state index in [-0.39, 0.29) is 75.0 Å². The van der Waals surface area contributed by atoms with Crippen LogP contribution in [0.4, 0.5) is 0 Å². The number of hydrogen-bond donors (Lipinski definition) is 13. The van der Waals surface area contributed by atoms with Crippen molar-refractivity contribution in [3.63, 3.8) is 0 Å². The highest BCUT2D eigenvalue weighted by Gasteiger charge is 2.32. The highest BCUT2D eigenvalue weighted by Crippen LogP contribution is 2.19. The van der Waals surface area contributed by atoms with Gasteiger partial charge in [0.25, 0.3) is 0 Å². The number of carbonyl (C=O) groups excluding carboxylic acids is 4. The highest BCUT2D eigenvalue weighted by atomic mass is 32.1. The molecule has 1 heterocycles. The number of H-pyrrole nitrogens is 1. The highest BCUT2D eigenvalue weighted by molar-refractivity contribution is 7.80. The molecule has 3 aromatic rings. The van der Waals surface area contributed by atoms with E-state index in [9.17, 15) is 34.2 Å². The van der Waals surface area contributed by atoms with Crippen molar-refractivity contribution < 1.29 is 34.2 Å². The van der Waals surface area contributed by atoms with Crippen LogP contribution in [0.1, 0.15) is 36.8 Å². The number of fused-ring (bicyclic) bond motifs is 1. The summed E-state index contributed by atoms with van der Waals surface area (Å²) >= 11 is 3.99. The van der Waals surface area contributed by atoms with Gasteiger partial charge in [-0.05, 0) is 61.4 Å². The largest absolute Gasteiger partial charge is 0.508 e. The molecule has 1 aromatic heterocycles. The van der Waals surface area contributed by atoms with Crippen molar-refractivity contribution in [2.45, 2.75) is 68.7 Å². The van der Waals surface area contributed by atoms with Crippen LogP contribution in [0.3, 0.4) is 0 Å². The third-order valence-electron chi connectivity index (χ3n) is 8.41. The Morgan fingerprint density at radius 2 is 1.22 bits per heavy atom. The van der Waals surface area contributed by atoms with Crippen LogP contribution in [0, 0.1) is 0 Å². The zero-order valence-electron chi connectivity index (χ0n) is 30.1. The van der Waals surface area contributed by atoms with Crippen LogP contribution < -0.4 is 49.9 Å². The molecule has 3 rings (SSSR count). The number of aliphatic carboxylic acids is 1. The summed E-state index contributed by atoms with van der Waals surface area (Å²) < 4.78 is 0. The van der Waals surface area contributed by atoms with Gasteiger partial charge in [-0.2, -0.15) is 12.6 Å². The standard InChI is InChI=1S/C35H50N12O7S/c36-23(16-20-17-43-24-6-2-1-5-22(20)24)29(49)44-25(7-3-13-41-34(37)38)30(50)46-27(15-19-9-11-21(48)12-10-19)32(52)45-26(8-4-14-42-35(39)40)31(51)47-28(18-55)33(53)54/h1-2,5-6,9-12,17,23,25-28,43,48,55H,3-4,7-8,13-16,18,36H2,(H,44,49)(H,45,52)(H,46,50)(H,47,51)(H,53,54)(H4,37,38,41)(H4,39,40,42)/t23-,25-,26-,27-,28-/m0/s1. The number of thiol groups is 1. The van der Waals surface area contributed by atoms with E-state index < -0.39 is 59.8 Å². The van der Waals surface area contributed by atoms with Crippen molar-refractivity contribution in [2.75, 3.05) is 18.8 Å². The topological polar surface area (TPSA) is 345 Å². The number of aromatic amines is 1. The van der Waals surface area contributed by atoms with Gasteiger partial charge >= 0.3 is 5.97 Å². The number of aliphatic imine (C=N–C) groups is 2. The SMILES string of the molecule is NC(N)=NCCC[C@H](NC(=O)[C@H](Cc1ccc(O)cc1)NC(=O)[C@H](CCCN=C(N)N)NC(=O)[C@@H](N)Cc1c[nH]c2ccccc12)C(=O)N[C@@H](CS)C(=O)O. The van der Waals surface area contributed by atoms with Gasteiger partial charge in [0.2, 0.25) is 23.6 Å². The van der Waals surface area contributed by atoms with Gasteiger partial charge < -0.3 is 65.1 Å². The number of carboxylic acid groups (broad SMARTS) is 1. The van der Waals surface area contributed by atoms with Crippen molar-refractivity contribution >= 4 is 65.0 Å². The van der Waals surface area contributed by atoms with E-state index in [1.165, 1.54) is 12.1 Å². The maximum absolute atomic E-state index is 14.0. The molecule has 0 unspecified atom stereocenters. The first kappa shape index (κ1) is 43.4. The van der Waals surface area contributed by atoms with E-state index in [0.717, 1.165) is 16.5 Å². The number of para-hydroxylation sites is 1. The number of amides is 4. The van der Waals surface area contributed by atoms with Gasteiger partial charge in [0, 0.05) is 42.4 Å². The molecule has 0 spiro atoms. The van der Waals surface area contributed by atoms with Crippen molar-refractivity contribution in [1.82, 2.24) is 26.3 Å². The molecule has 0 radical (unpaired) electrons. The lowest BCUT2D eigenvalue weighted by Gasteiger charge is -2.26. The number of aromatic nitrogens is 1. The summed E-state index contributed by atoms with van der Waals surface area (Å²) in [6, 6.07) is 7.21. The average molecular weight is 783 g/mol. The predicted molar refractivity (Wildman–Crippen MR) is 211 cm³/mol. The summed E-state index contributed by atoms with van der Waals surface area (Å²) in [5, 5.41) is 30.5. The summed E-state index contributed by atoms with van der Waals surface area (Å²) in [5.41, 5.74) is 30.3. The zero-order chi connectivity index (χ0) is 40.5. The van der Waals surface area contributed by atoms with E-state index >= 15 is 0 Å². The fourth-order valence-corrected chi connectivity index (χ4v) is 5.78. The molecule has 0 aliphatic heterocycles. The molecule has 0 aliphatic rings. The fourth-order valence-electron chi connectivity index (χ4n) is 5.53. The number of carboxylic acids is 1. The van der Waals surface area contributed by atoms with Gasteiger partial charge in [0.15, 0.2) is 11.9 Å². The summed E-state index contributed by atoms with van der Waals surface area (Å²) in [6.45, 7) is 0.245. The maximum atomic E-state index is 14.0. The summed E-state index contributed by atoms with van der Waals surface area (Å²) in [6.07, 6.45) is 2.33. The van der Waals surface area contributed by atoms with Gasteiger partial charge in [-0.15, -0.1) is 0 Å². The number of phenols is 1. The van der Waals surface area contributed by atoms with E-state index in [4.69, 9.17) is 28.7 Å². The lowest BCUT2D eigenvalue weighted by Crippen LogP contribution is -2.59. The molecule has 5 atom stereocenters. The Morgan fingerprint density at radius 1 is 0.709 bits per heavy atom. The Bertz CT molecular complexity index is 1830. The monoisotopic (exact) mass is 782 g/mol. The smallest absolute Gasteiger partial charge is 0.327 e. The van der Waals surface area contributed by atoms with Crippen molar-refractivity contribution in [2.24, 2.45) is 38.7 Å². The number of hydrogen-bond acceptors (Lipinski definition) is 10. The van der Waals surface area contributed by atoms with Crippen LogP contribution in [-0.4, -0.2) is 106 Å². The number of aromatic hydroxyl groups is 1. The number of benzene rings is 2. The van der Waals surface area contributed by atoms with Crippen LogP contribution in [0.25, 0.3) is 10.9 Å². The van der Waals surface area contributed by atoms with E-state index in [0.29, 0.717) is 5.56 Å². The lowest BCUT2D eigenvalue weighted by molar-refractivity contribution is -0.141. The number of carbonyl (C=O) groups is 5. The Kier molecular flexibility index (Phi) is 17.1. The summed E-state index contributed by atoms with van der Waals surface area (Å²) in [5.74, 6) is -4.91. The fraction of sp³-hybridized carbons (Fsp3) is 0.400. The summed E-state index contributed by atoms with van der Waals surface area (Å²) in [4.78, 5) is 77.2. The number of phenolic OH excluding ortho intramolecular Hbond substituents is 1. The number of rotatable bonds is 22. The summed E-state index contributed by atoms with van der Waals surface area (Å²) in [7, 11) is 0. The van der Waals surface area contributed by atoms with Crippen LogP contribution >= 0.6 is 12.6 Å². The molecule has 4 amide bonds. The van der Waals surface area contributed by atoms with Crippen LogP contribution in [0.5, 0.6) is 5.75 Å². The Hall–Kier alpha value is -6.02. The Balaban J connectivity index is 1.87. The molecule has 0 fully saturated rings. The molecule has 0 bridgehead atoms. The van der Waals surface area contributed by atoms with Crippen LogP contribution in [0.2, 0.25) is 0 Å². The van der Waals surface area contributed by atoms with Gasteiger partial charge in [0.05, 0.1) is 6.04 Å². The molecule has 19 nitrogen and oxygen atoms in total. The second kappa shape index (κ2) is 21.6. The van der Waals surface area contributed by atoms with E-state index in [1.54, 1.807) is 18.3 Å². The van der Waals surface area contributed by atoms with Gasteiger partial charge in [-0.1, -0.05) is 30.3 Å². The van der Waals surface area contributed by atoms with E-state index in [1.807, 2.05) is 24.3 Å². The lowest BCUT2D eigenvalue weighted by atomic mass is 10.0. The molecule has 0 saturated carbocycles. The molecule has 55 heavy (non-hydrogen) atoms. The minimum Gasteiger partial charge on any atom is -0.508 e. The number of nitrogens with zero attached hydrogens (tertiary/aromatic N) is 2. The van der Waals surface area contributed by atoms with Crippen molar-refractivity contribution in [3.05, 3.63) is 65.9 Å². The number of nitrogens with one attached hydrogen (secondary N) is 5. The number of guanidine groups is 2. The molecular formula is C35H50N12O7S. The second-order valence-corrected chi connectivity index (χ2v) is 13.1.